The molecule has 2 heterocycles. The van der Waals surface area contributed by atoms with Crippen LogP contribution in [0.25, 0.3) is 10.6 Å². The molecule has 0 unspecified atom stereocenters. The second-order valence-electron chi connectivity index (χ2n) is 7.66. The molecule has 1 amide bonds. The lowest BCUT2D eigenvalue weighted by Gasteiger charge is -2.16. The summed E-state index contributed by atoms with van der Waals surface area (Å²) >= 11 is 1.53. The predicted octanol–water partition coefficient (Wildman–Crippen LogP) is 3.76. The molecule has 1 atom stereocenters. The van der Waals surface area contributed by atoms with Crippen LogP contribution in [-0.2, 0) is 17.8 Å². The highest BCUT2D eigenvalue weighted by Crippen LogP contribution is 2.33. The van der Waals surface area contributed by atoms with Crippen molar-refractivity contribution in [3.05, 3.63) is 65.2 Å². The van der Waals surface area contributed by atoms with Crippen molar-refractivity contribution in [1.82, 2.24) is 15.2 Å². The molecule has 6 nitrogen and oxygen atoms in total. The SMILES string of the molecule is COc1ccc(-c2nc(CC(=O)N[C@H]3CCN(Cc4ccccc4)C3)cs2)cc1OC. The Morgan fingerprint density at radius 3 is 2.74 bits per heavy atom. The molecule has 31 heavy (non-hydrogen) atoms. The van der Waals surface area contributed by atoms with Crippen molar-refractivity contribution in [2.24, 2.45) is 0 Å². The van der Waals surface area contributed by atoms with Gasteiger partial charge in [-0.1, -0.05) is 30.3 Å². The van der Waals surface area contributed by atoms with Gasteiger partial charge in [0.1, 0.15) is 5.01 Å². The molecule has 1 aromatic heterocycles. The second kappa shape index (κ2) is 9.94. The molecule has 1 aliphatic rings. The molecular weight excluding hydrogens is 410 g/mol. The Morgan fingerprint density at radius 1 is 1.16 bits per heavy atom. The van der Waals surface area contributed by atoms with E-state index >= 15 is 0 Å². The van der Waals surface area contributed by atoms with Gasteiger partial charge in [0.15, 0.2) is 11.5 Å². The van der Waals surface area contributed by atoms with Crippen LogP contribution in [0.4, 0.5) is 0 Å². The summed E-state index contributed by atoms with van der Waals surface area (Å²) < 4.78 is 10.7. The van der Waals surface area contributed by atoms with Crippen molar-refractivity contribution in [2.75, 3.05) is 27.3 Å². The first-order valence-electron chi connectivity index (χ1n) is 10.4. The minimum Gasteiger partial charge on any atom is -0.493 e. The molecule has 4 rings (SSSR count). The molecular formula is C24H27N3O3S. The van der Waals surface area contributed by atoms with Gasteiger partial charge in [0, 0.05) is 36.6 Å². The Hall–Kier alpha value is -2.90. The normalized spacial score (nSPS) is 16.3. The van der Waals surface area contributed by atoms with E-state index in [2.05, 4.69) is 39.5 Å². The average Bonchev–Trinajstić information content (AvgIpc) is 3.43. The van der Waals surface area contributed by atoms with E-state index < -0.39 is 0 Å². The standard InChI is InChI=1S/C24H27N3O3S/c1-29-21-9-8-18(12-22(21)30-2)24-26-20(16-31-24)13-23(28)25-19-10-11-27(15-19)14-17-6-4-3-5-7-17/h3-9,12,16,19H,10-11,13-15H2,1-2H3,(H,25,28)/t19-/m0/s1. The highest BCUT2D eigenvalue weighted by atomic mass is 32.1. The summed E-state index contributed by atoms with van der Waals surface area (Å²) in [5.74, 6) is 1.37. The van der Waals surface area contributed by atoms with E-state index in [1.807, 2.05) is 29.6 Å². The number of nitrogens with zero attached hydrogens (tertiary/aromatic N) is 2. The lowest BCUT2D eigenvalue weighted by molar-refractivity contribution is -0.121. The maximum Gasteiger partial charge on any atom is 0.226 e. The fourth-order valence-corrected chi connectivity index (χ4v) is 4.69. The van der Waals surface area contributed by atoms with E-state index in [0.717, 1.165) is 42.3 Å². The van der Waals surface area contributed by atoms with Crippen LogP contribution in [0.5, 0.6) is 11.5 Å². The number of hydrogen-bond acceptors (Lipinski definition) is 6. The second-order valence-corrected chi connectivity index (χ2v) is 8.52. The fourth-order valence-electron chi connectivity index (χ4n) is 3.87. The van der Waals surface area contributed by atoms with Crippen LogP contribution in [0.3, 0.4) is 0 Å². The van der Waals surface area contributed by atoms with Crippen LogP contribution in [0.1, 0.15) is 17.7 Å². The number of thiazole rings is 1. The van der Waals surface area contributed by atoms with Crippen LogP contribution in [0, 0.1) is 0 Å². The zero-order chi connectivity index (χ0) is 21.6. The van der Waals surface area contributed by atoms with Crippen molar-refractivity contribution < 1.29 is 14.3 Å². The highest BCUT2D eigenvalue weighted by Gasteiger charge is 2.24. The molecule has 1 saturated heterocycles. The summed E-state index contributed by atoms with van der Waals surface area (Å²) in [6.45, 7) is 2.81. The molecule has 0 radical (unpaired) electrons. The molecule has 1 aliphatic heterocycles. The molecule has 1 N–H and O–H groups in total. The minimum absolute atomic E-state index is 0.0238. The van der Waals surface area contributed by atoms with Crippen LogP contribution >= 0.6 is 11.3 Å². The number of carbonyl (C=O) groups is 1. The zero-order valence-corrected chi connectivity index (χ0v) is 18.7. The first-order valence-corrected chi connectivity index (χ1v) is 11.2. The summed E-state index contributed by atoms with van der Waals surface area (Å²) in [5, 5.41) is 5.98. The van der Waals surface area contributed by atoms with Crippen molar-refractivity contribution in [3.63, 3.8) is 0 Å². The minimum atomic E-state index is 0.0238. The number of likely N-dealkylation sites (tertiary alicyclic amines) is 1. The first-order chi connectivity index (χ1) is 15.1. The van der Waals surface area contributed by atoms with Gasteiger partial charge in [0.2, 0.25) is 5.91 Å². The molecule has 0 bridgehead atoms. The van der Waals surface area contributed by atoms with Crippen LogP contribution in [0.15, 0.2) is 53.9 Å². The number of hydrogen-bond donors (Lipinski definition) is 1. The number of methoxy groups -OCH3 is 2. The zero-order valence-electron chi connectivity index (χ0n) is 17.8. The molecule has 1 fully saturated rings. The summed E-state index contributed by atoms with van der Waals surface area (Å²) in [4.78, 5) is 19.6. The van der Waals surface area contributed by atoms with Crippen LogP contribution in [0.2, 0.25) is 0 Å². The first kappa shape index (κ1) is 21.3. The molecule has 0 aliphatic carbocycles. The Kier molecular flexibility index (Phi) is 6.84. The molecule has 3 aromatic rings. The lowest BCUT2D eigenvalue weighted by Crippen LogP contribution is -2.37. The van der Waals surface area contributed by atoms with Gasteiger partial charge in [0.25, 0.3) is 0 Å². The number of aromatic nitrogens is 1. The lowest BCUT2D eigenvalue weighted by atomic mass is 10.2. The van der Waals surface area contributed by atoms with Gasteiger partial charge in [-0.25, -0.2) is 4.98 Å². The van der Waals surface area contributed by atoms with E-state index in [1.54, 1.807) is 14.2 Å². The van der Waals surface area contributed by atoms with Crippen molar-refractivity contribution in [3.8, 4) is 22.1 Å². The number of amides is 1. The van der Waals surface area contributed by atoms with Gasteiger partial charge in [-0.3, -0.25) is 9.69 Å². The Labute approximate surface area is 186 Å². The smallest absolute Gasteiger partial charge is 0.226 e. The quantitative estimate of drug-likeness (QED) is 0.581. The van der Waals surface area contributed by atoms with Gasteiger partial charge < -0.3 is 14.8 Å². The van der Waals surface area contributed by atoms with E-state index in [4.69, 9.17) is 9.47 Å². The number of ether oxygens (including phenoxy) is 2. The monoisotopic (exact) mass is 437 g/mol. The van der Waals surface area contributed by atoms with Crippen LogP contribution in [-0.4, -0.2) is 49.1 Å². The average molecular weight is 438 g/mol. The number of carbonyl (C=O) groups excluding carboxylic acids is 1. The summed E-state index contributed by atoms with van der Waals surface area (Å²) in [5.41, 5.74) is 3.03. The fraction of sp³-hybridized carbons (Fsp3) is 0.333. The summed E-state index contributed by atoms with van der Waals surface area (Å²) in [6, 6.07) is 16.4. The molecule has 0 spiro atoms. The van der Waals surface area contributed by atoms with Crippen molar-refractivity contribution in [2.45, 2.75) is 25.4 Å². The topological polar surface area (TPSA) is 63.7 Å². The number of benzene rings is 2. The van der Waals surface area contributed by atoms with Crippen molar-refractivity contribution in [1.29, 1.82) is 0 Å². The third-order valence-electron chi connectivity index (χ3n) is 5.41. The Morgan fingerprint density at radius 2 is 1.97 bits per heavy atom. The number of nitrogens with one attached hydrogen (secondary N) is 1. The van der Waals surface area contributed by atoms with Crippen molar-refractivity contribution >= 4 is 17.2 Å². The maximum atomic E-state index is 12.6. The van der Waals surface area contributed by atoms with E-state index in [0.29, 0.717) is 17.9 Å². The molecule has 2 aromatic carbocycles. The third kappa shape index (κ3) is 5.42. The number of rotatable bonds is 8. The summed E-state index contributed by atoms with van der Waals surface area (Å²) in [7, 11) is 3.23. The Balaban J connectivity index is 1.30. The molecule has 162 valence electrons. The molecule has 7 heteroatoms. The largest absolute Gasteiger partial charge is 0.493 e. The van der Waals surface area contributed by atoms with Gasteiger partial charge in [-0.05, 0) is 30.2 Å². The molecule has 0 saturated carbocycles. The van der Waals surface area contributed by atoms with Gasteiger partial charge in [-0.2, -0.15) is 0 Å². The third-order valence-corrected chi connectivity index (χ3v) is 6.35. The predicted molar refractivity (Wildman–Crippen MR) is 123 cm³/mol. The van der Waals surface area contributed by atoms with Crippen LogP contribution < -0.4 is 14.8 Å². The Bertz CT molecular complexity index is 1020. The van der Waals surface area contributed by atoms with E-state index in [9.17, 15) is 4.79 Å². The maximum absolute atomic E-state index is 12.6. The van der Waals surface area contributed by atoms with Gasteiger partial charge >= 0.3 is 0 Å². The van der Waals surface area contributed by atoms with E-state index in [1.165, 1.54) is 16.9 Å². The van der Waals surface area contributed by atoms with Gasteiger partial charge in [0.05, 0.1) is 26.3 Å². The van der Waals surface area contributed by atoms with E-state index in [-0.39, 0.29) is 11.9 Å². The van der Waals surface area contributed by atoms with Gasteiger partial charge in [-0.15, -0.1) is 11.3 Å². The highest BCUT2D eigenvalue weighted by molar-refractivity contribution is 7.13. The summed E-state index contributed by atoms with van der Waals surface area (Å²) in [6.07, 6.45) is 1.27.